The molecule has 0 radical (unpaired) electrons. The number of sulfonamides is 1. The molecule has 7 nitrogen and oxygen atoms in total. The van der Waals surface area contributed by atoms with Crippen molar-refractivity contribution in [1.29, 1.82) is 0 Å². The van der Waals surface area contributed by atoms with Gasteiger partial charge in [-0.1, -0.05) is 29.8 Å². The number of amides is 2. The molecular weight excluding hydrogens is 486 g/mol. The van der Waals surface area contributed by atoms with E-state index in [0.717, 1.165) is 22.9 Å². The zero-order chi connectivity index (χ0) is 26.3. The molecule has 0 bridgehead atoms. The summed E-state index contributed by atoms with van der Waals surface area (Å²) in [5, 5.41) is 3.40. The van der Waals surface area contributed by atoms with E-state index in [2.05, 4.69) is 5.32 Å². The van der Waals surface area contributed by atoms with Gasteiger partial charge in [-0.2, -0.15) is 0 Å². The minimum atomic E-state index is -3.54. The molecule has 2 amide bonds. The van der Waals surface area contributed by atoms with Crippen molar-refractivity contribution < 1.29 is 18.0 Å². The normalized spacial score (nSPS) is 12.3. The lowest BCUT2D eigenvalue weighted by atomic mass is 10.1. The molecule has 0 aliphatic rings. The smallest absolute Gasteiger partial charge is 0.242 e. The summed E-state index contributed by atoms with van der Waals surface area (Å²) < 4.78 is 26.3. The van der Waals surface area contributed by atoms with E-state index in [4.69, 9.17) is 11.6 Å². The number of carbonyl (C=O) groups excluding carboxylic acids is 2. The number of nitrogens with one attached hydrogen (secondary N) is 1. The molecule has 0 unspecified atom stereocenters. The molecule has 0 aliphatic heterocycles. The highest BCUT2D eigenvalue weighted by atomic mass is 35.5. The topological polar surface area (TPSA) is 86.8 Å². The Bertz CT molecular complexity index is 1130. The molecule has 0 heterocycles. The summed E-state index contributed by atoms with van der Waals surface area (Å²) in [6.45, 7) is 9.62. The number of aryl methyl sites for hydroxylation is 2. The van der Waals surface area contributed by atoms with Gasteiger partial charge in [-0.15, -0.1) is 0 Å². The molecule has 0 fully saturated rings. The van der Waals surface area contributed by atoms with Gasteiger partial charge in [0.05, 0.1) is 11.9 Å². The second-order valence-electron chi connectivity index (χ2n) is 9.28. The fourth-order valence-corrected chi connectivity index (χ4v) is 5.08. The molecule has 9 heteroatoms. The number of benzene rings is 2. The molecule has 1 atom stereocenters. The second-order valence-corrected chi connectivity index (χ2v) is 11.6. The number of hydrogen-bond donors (Lipinski definition) is 1. The van der Waals surface area contributed by atoms with Crippen molar-refractivity contribution in [1.82, 2.24) is 10.2 Å². The van der Waals surface area contributed by atoms with Gasteiger partial charge in [0, 0.05) is 30.6 Å². The highest BCUT2D eigenvalue weighted by Gasteiger charge is 2.27. The SMILES string of the molecule is Cc1cc(C)cc(N(CCCC(=O)N(Cc2cccc(Cl)c2)[C@H](C)C(=O)NC(C)C)S(C)(=O)=O)c1. The van der Waals surface area contributed by atoms with Crippen LogP contribution in [0.4, 0.5) is 5.69 Å². The van der Waals surface area contributed by atoms with Crippen molar-refractivity contribution >= 4 is 39.1 Å². The fraction of sp³-hybridized carbons (Fsp3) is 0.462. The maximum atomic E-state index is 13.3. The third-order valence-electron chi connectivity index (χ3n) is 5.49. The molecule has 0 aromatic heterocycles. The van der Waals surface area contributed by atoms with Gasteiger partial charge in [-0.3, -0.25) is 13.9 Å². The van der Waals surface area contributed by atoms with Gasteiger partial charge in [0.2, 0.25) is 21.8 Å². The minimum Gasteiger partial charge on any atom is -0.352 e. The Morgan fingerprint density at radius 2 is 1.66 bits per heavy atom. The first-order valence-corrected chi connectivity index (χ1v) is 13.9. The number of hydrogen-bond acceptors (Lipinski definition) is 4. The van der Waals surface area contributed by atoms with Crippen LogP contribution in [-0.4, -0.2) is 50.0 Å². The summed E-state index contributed by atoms with van der Waals surface area (Å²) in [5.41, 5.74) is 3.31. The number of anilines is 1. The second kappa shape index (κ2) is 12.4. The first-order chi connectivity index (χ1) is 16.3. The number of carbonyl (C=O) groups is 2. The Hall–Kier alpha value is -2.58. The van der Waals surface area contributed by atoms with Crippen molar-refractivity contribution in [3.05, 3.63) is 64.2 Å². The lowest BCUT2D eigenvalue weighted by Gasteiger charge is -2.30. The van der Waals surface area contributed by atoms with Crippen LogP contribution in [0.3, 0.4) is 0 Å². The number of rotatable bonds is 11. The molecule has 1 N–H and O–H groups in total. The van der Waals surface area contributed by atoms with Gasteiger partial charge in [0.1, 0.15) is 6.04 Å². The highest BCUT2D eigenvalue weighted by Crippen LogP contribution is 2.22. The van der Waals surface area contributed by atoms with E-state index in [0.29, 0.717) is 17.1 Å². The van der Waals surface area contributed by atoms with Gasteiger partial charge in [-0.05, 0) is 82.0 Å². The van der Waals surface area contributed by atoms with Gasteiger partial charge in [-0.25, -0.2) is 8.42 Å². The molecular formula is C26H36ClN3O4S. The lowest BCUT2D eigenvalue weighted by molar-refractivity contribution is -0.140. The van der Waals surface area contributed by atoms with Crippen LogP contribution in [-0.2, 0) is 26.2 Å². The Kier molecular flexibility index (Phi) is 10.2. The van der Waals surface area contributed by atoms with Crippen LogP contribution in [0, 0.1) is 13.8 Å². The average Bonchev–Trinajstić information content (AvgIpc) is 2.72. The summed E-state index contributed by atoms with van der Waals surface area (Å²) in [6.07, 6.45) is 1.57. The van der Waals surface area contributed by atoms with Crippen molar-refractivity contribution in [2.75, 3.05) is 17.1 Å². The van der Waals surface area contributed by atoms with Crippen LogP contribution in [0.5, 0.6) is 0 Å². The van der Waals surface area contributed by atoms with Gasteiger partial charge < -0.3 is 10.2 Å². The third kappa shape index (κ3) is 8.85. The maximum Gasteiger partial charge on any atom is 0.242 e. The van der Waals surface area contributed by atoms with Crippen molar-refractivity contribution in [2.45, 2.75) is 66.1 Å². The van der Waals surface area contributed by atoms with E-state index in [1.165, 1.54) is 9.21 Å². The Labute approximate surface area is 214 Å². The summed E-state index contributed by atoms with van der Waals surface area (Å²) in [5.74, 6) is -0.478. The van der Waals surface area contributed by atoms with E-state index in [1.807, 2.05) is 52.0 Å². The van der Waals surface area contributed by atoms with E-state index < -0.39 is 16.1 Å². The standard InChI is InChI=1S/C26H36ClN3O4S/c1-18(2)28-26(32)21(5)29(17-22-9-7-10-23(27)16-22)25(31)11-8-12-30(35(6,33)34)24-14-19(3)13-20(4)15-24/h7,9-10,13-16,18,21H,8,11-12,17H2,1-6H3,(H,28,32)/t21-/m1/s1. The molecule has 2 rings (SSSR count). The summed E-state index contributed by atoms with van der Waals surface area (Å²) >= 11 is 6.12. The van der Waals surface area contributed by atoms with Crippen LogP contribution in [0.15, 0.2) is 42.5 Å². The summed E-state index contributed by atoms with van der Waals surface area (Å²) in [7, 11) is -3.54. The Morgan fingerprint density at radius 1 is 1.03 bits per heavy atom. The molecule has 0 aliphatic carbocycles. The monoisotopic (exact) mass is 521 g/mol. The van der Waals surface area contributed by atoms with Crippen LogP contribution in [0.2, 0.25) is 5.02 Å². The van der Waals surface area contributed by atoms with Crippen molar-refractivity contribution in [3.8, 4) is 0 Å². The third-order valence-corrected chi connectivity index (χ3v) is 6.92. The van der Waals surface area contributed by atoms with E-state index in [-0.39, 0.29) is 37.4 Å². The lowest BCUT2D eigenvalue weighted by Crippen LogP contribution is -2.49. The first-order valence-electron chi connectivity index (χ1n) is 11.7. The van der Waals surface area contributed by atoms with Gasteiger partial charge in [0.25, 0.3) is 0 Å². The number of nitrogens with zero attached hydrogens (tertiary/aromatic N) is 2. The maximum absolute atomic E-state index is 13.3. The average molecular weight is 522 g/mol. The van der Waals surface area contributed by atoms with Crippen molar-refractivity contribution in [2.24, 2.45) is 0 Å². The number of halogens is 1. The zero-order valence-corrected chi connectivity index (χ0v) is 22.9. The Morgan fingerprint density at radius 3 is 2.20 bits per heavy atom. The molecule has 2 aromatic rings. The molecule has 0 saturated carbocycles. The zero-order valence-electron chi connectivity index (χ0n) is 21.3. The quantitative estimate of drug-likeness (QED) is 0.473. The summed E-state index contributed by atoms with van der Waals surface area (Å²) in [4.78, 5) is 27.5. The molecule has 0 spiro atoms. The van der Waals surface area contributed by atoms with Crippen LogP contribution in [0.1, 0.15) is 50.3 Å². The van der Waals surface area contributed by atoms with Gasteiger partial charge in [0.15, 0.2) is 0 Å². The molecule has 2 aromatic carbocycles. The Balaban J connectivity index is 2.20. The fourth-order valence-electron chi connectivity index (χ4n) is 3.92. The molecule has 35 heavy (non-hydrogen) atoms. The van der Waals surface area contributed by atoms with E-state index in [1.54, 1.807) is 25.1 Å². The molecule has 192 valence electrons. The van der Waals surface area contributed by atoms with Gasteiger partial charge >= 0.3 is 0 Å². The largest absolute Gasteiger partial charge is 0.352 e. The first kappa shape index (κ1) is 28.7. The van der Waals surface area contributed by atoms with Crippen LogP contribution >= 0.6 is 11.6 Å². The van der Waals surface area contributed by atoms with E-state index >= 15 is 0 Å². The predicted octanol–water partition coefficient (Wildman–Crippen LogP) is 4.44. The van der Waals surface area contributed by atoms with Crippen molar-refractivity contribution in [3.63, 3.8) is 0 Å². The summed E-state index contributed by atoms with van der Waals surface area (Å²) in [6, 6.07) is 12.0. The van der Waals surface area contributed by atoms with Crippen LogP contribution in [0.25, 0.3) is 0 Å². The van der Waals surface area contributed by atoms with E-state index in [9.17, 15) is 18.0 Å². The predicted molar refractivity (Wildman–Crippen MR) is 142 cm³/mol. The highest BCUT2D eigenvalue weighted by molar-refractivity contribution is 7.92. The van der Waals surface area contributed by atoms with Crippen LogP contribution < -0.4 is 9.62 Å². The minimum absolute atomic E-state index is 0.0609. The molecule has 0 saturated heterocycles.